The summed E-state index contributed by atoms with van der Waals surface area (Å²) in [4.78, 5) is 10.6. The highest BCUT2D eigenvalue weighted by atomic mass is 16.6. The Bertz CT molecular complexity index is 391. The van der Waals surface area contributed by atoms with Gasteiger partial charge >= 0.3 is 5.97 Å². The Morgan fingerprint density at radius 2 is 1.75 bits per heavy atom. The van der Waals surface area contributed by atoms with Gasteiger partial charge in [0.1, 0.15) is 6.61 Å². The molecule has 1 atom stereocenters. The van der Waals surface area contributed by atoms with Gasteiger partial charge in [0.05, 0.1) is 11.7 Å². The standard InChI is InChI=1S/C17H28O3/c1-13(9-10-16-17(4,5)20-16)7-6-8-14(2)11-12-19-15(3)18/h7,11,16H,6,8-10,12H2,1-5H3/b13-7+,14-11+. The zero-order valence-electron chi connectivity index (χ0n) is 13.5. The summed E-state index contributed by atoms with van der Waals surface area (Å²) < 4.78 is 10.5. The van der Waals surface area contributed by atoms with Gasteiger partial charge in [-0.05, 0) is 59.5 Å². The summed E-state index contributed by atoms with van der Waals surface area (Å²) in [6.07, 6.45) is 9.02. The van der Waals surface area contributed by atoms with Crippen LogP contribution in [-0.2, 0) is 14.3 Å². The van der Waals surface area contributed by atoms with Crippen molar-refractivity contribution in [3.05, 3.63) is 23.3 Å². The average molecular weight is 280 g/mol. The van der Waals surface area contributed by atoms with Crippen LogP contribution in [0.5, 0.6) is 0 Å². The van der Waals surface area contributed by atoms with Gasteiger partial charge < -0.3 is 9.47 Å². The Morgan fingerprint density at radius 1 is 1.15 bits per heavy atom. The molecule has 1 aliphatic heterocycles. The van der Waals surface area contributed by atoms with Crippen molar-refractivity contribution in [1.82, 2.24) is 0 Å². The predicted octanol–water partition coefficient (Wildman–Crippen LogP) is 4.18. The number of ether oxygens (including phenoxy) is 2. The van der Waals surface area contributed by atoms with Gasteiger partial charge in [-0.2, -0.15) is 0 Å². The summed E-state index contributed by atoms with van der Waals surface area (Å²) in [6, 6.07) is 0. The zero-order valence-corrected chi connectivity index (χ0v) is 13.5. The second-order valence-corrected chi connectivity index (χ2v) is 6.19. The molecule has 1 unspecified atom stereocenters. The minimum absolute atomic E-state index is 0.107. The highest BCUT2D eigenvalue weighted by molar-refractivity contribution is 5.66. The molecule has 0 aromatic rings. The number of carbonyl (C=O) groups is 1. The number of allylic oxidation sites excluding steroid dienone is 3. The molecule has 0 bridgehead atoms. The second-order valence-electron chi connectivity index (χ2n) is 6.19. The van der Waals surface area contributed by atoms with Crippen LogP contribution in [0.25, 0.3) is 0 Å². The van der Waals surface area contributed by atoms with Crippen molar-refractivity contribution >= 4 is 5.97 Å². The Labute approximate surface area is 123 Å². The van der Waals surface area contributed by atoms with Gasteiger partial charge in [-0.1, -0.05) is 17.2 Å². The summed E-state index contributed by atoms with van der Waals surface area (Å²) in [5.41, 5.74) is 2.81. The highest BCUT2D eigenvalue weighted by Crippen LogP contribution is 2.38. The highest BCUT2D eigenvalue weighted by Gasteiger charge is 2.46. The van der Waals surface area contributed by atoms with E-state index in [9.17, 15) is 4.79 Å². The van der Waals surface area contributed by atoms with E-state index >= 15 is 0 Å². The second kappa shape index (κ2) is 7.63. The van der Waals surface area contributed by atoms with Crippen LogP contribution in [0.3, 0.4) is 0 Å². The fourth-order valence-electron chi connectivity index (χ4n) is 2.15. The van der Waals surface area contributed by atoms with Crippen LogP contribution in [0, 0.1) is 0 Å². The Kier molecular flexibility index (Phi) is 6.47. The summed E-state index contributed by atoms with van der Waals surface area (Å²) in [5.74, 6) is -0.227. The van der Waals surface area contributed by atoms with Crippen LogP contribution in [0.15, 0.2) is 23.3 Å². The lowest BCUT2D eigenvalue weighted by molar-refractivity contribution is -0.139. The largest absolute Gasteiger partial charge is 0.462 e. The van der Waals surface area contributed by atoms with Crippen molar-refractivity contribution < 1.29 is 14.3 Å². The molecular formula is C17H28O3. The van der Waals surface area contributed by atoms with E-state index in [2.05, 4.69) is 33.8 Å². The zero-order chi connectivity index (χ0) is 15.2. The first kappa shape index (κ1) is 17.0. The molecule has 114 valence electrons. The number of hydrogen-bond acceptors (Lipinski definition) is 3. The molecule has 0 aromatic carbocycles. The molecular weight excluding hydrogens is 252 g/mol. The smallest absolute Gasteiger partial charge is 0.302 e. The van der Waals surface area contributed by atoms with Gasteiger partial charge in [0.2, 0.25) is 0 Å². The number of rotatable bonds is 8. The van der Waals surface area contributed by atoms with Gasteiger partial charge in [-0.3, -0.25) is 4.79 Å². The first-order chi connectivity index (χ1) is 9.31. The lowest BCUT2D eigenvalue weighted by Gasteiger charge is -2.02. The van der Waals surface area contributed by atoms with Gasteiger partial charge in [-0.25, -0.2) is 0 Å². The van der Waals surface area contributed by atoms with Crippen molar-refractivity contribution in [2.45, 2.75) is 72.0 Å². The topological polar surface area (TPSA) is 38.8 Å². The normalized spacial score (nSPS) is 21.8. The maximum Gasteiger partial charge on any atom is 0.302 e. The molecule has 0 aromatic heterocycles. The number of esters is 1. The summed E-state index contributed by atoms with van der Waals surface area (Å²) in [7, 11) is 0. The molecule has 1 heterocycles. The van der Waals surface area contributed by atoms with Crippen molar-refractivity contribution in [1.29, 1.82) is 0 Å². The summed E-state index contributed by atoms with van der Waals surface area (Å²) in [5, 5.41) is 0. The van der Waals surface area contributed by atoms with Crippen molar-refractivity contribution in [3.63, 3.8) is 0 Å². The lowest BCUT2D eigenvalue weighted by atomic mass is 10.0. The van der Waals surface area contributed by atoms with Crippen LogP contribution in [0.4, 0.5) is 0 Å². The molecule has 1 aliphatic rings. The van der Waals surface area contributed by atoms with Crippen molar-refractivity contribution in [3.8, 4) is 0 Å². The quantitative estimate of drug-likeness (QED) is 0.380. The molecule has 3 heteroatoms. The van der Waals surface area contributed by atoms with E-state index in [1.54, 1.807) is 0 Å². The minimum atomic E-state index is -0.227. The maximum absolute atomic E-state index is 10.6. The number of hydrogen-bond donors (Lipinski definition) is 0. The molecule has 20 heavy (non-hydrogen) atoms. The fraction of sp³-hybridized carbons (Fsp3) is 0.706. The SMILES string of the molecule is CC(=O)OC/C=C(\C)CC/C=C(\C)CCC1OC1(C)C. The van der Waals surface area contributed by atoms with Gasteiger partial charge in [0.25, 0.3) is 0 Å². The van der Waals surface area contributed by atoms with E-state index in [-0.39, 0.29) is 11.6 Å². The fourth-order valence-corrected chi connectivity index (χ4v) is 2.15. The van der Waals surface area contributed by atoms with Crippen LogP contribution in [-0.4, -0.2) is 24.3 Å². The molecule has 0 aliphatic carbocycles. The third-order valence-corrected chi connectivity index (χ3v) is 3.71. The average Bonchev–Trinajstić information content (AvgIpc) is 2.94. The van der Waals surface area contributed by atoms with Crippen LogP contribution < -0.4 is 0 Å². The molecule has 0 saturated carbocycles. The van der Waals surface area contributed by atoms with Crippen LogP contribution in [0.2, 0.25) is 0 Å². The monoisotopic (exact) mass is 280 g/mol. The van der Waals surface area contributed by atoms with Crippen LogP contribution >= 0.6 is 0 Å². The van der Waals surface area contributed by atoms with E-state index in [0.29, 0.717) is 12.7 Å². The molecule has 3 nitrogen and oxygen atoms in total. The van der Waals surface area contributed by atoms with Gasteiger partial charge in [0.15, 0.2) is 0 Å². The van der Waals surface area contributed by atoms with E-state index in [4.69, 9.17) is 9.47 Å². The van der Waals surface area contributed by atoms with E-state index in [1.807, 2.05) is 6.08 Å². The Morgan fingerprint density at radius 3 is 2.30 bits per heavy atom. The van der Waals surface area contributed by atoms with Crippen molar-refractivity contribution in [2.75, 3.05) is 6.61 Å². The Balaban J connectivity index is 2.14. The molecule has 0 spiro atoms. The molecule has 0 amide bonds. The van der Waals surface area contributed by atoms with E-state index in [1.165, 1.54) is 18.1 Å². The summed E-state index contributed by atoms with van der Waals surface area (Å²) in [6.45, 7) is 10.4. The molecule has 0 radical (unpaired) electrons. The van der Waals surface area contributed by atoms with Crippen LogP contribution in [0.1, 0.15) is 60.3 Å². The first-order valence-corrected chi connectivity index (χ1v) is 7.43. The van der Waals surface area contributed by atoms with Crippen molar-refractivity contribution in [2.24, 2.45) is 0 Å². The number of carbonyl (C=O) groups excluding carboxylic acids is 1. The molecule has 0 N–H and O–H groups in total. The summed E-state index contributed by atoms with van der Waals surface area (Å²) >= 11 is 0. The Hall–Kier alpha value is -1.09. The molecule has 1 fully saturated rings. The molecule has 1 rings (SSSR count). The van der Waals surface area contributed by atoms with E-state index < -0.39 is 0 Å². The number of epoxide rings is 1. The third-order valence-electron chi connectivity index (χ3n) is 3.71. The third kappa shape index (κ3) is 6.90. The minimum Gasteiger partial charge on any atom is -0.462 e. The predicted molar refractivity (Wildman–Crippen MR) is 81.6 cm³/mol. The van der Waals surface area contributed by atoms with E-state index in [0.717, 1.165) is 25.7 Å². The molecule has 1 saturated heterocycles. The van der Waals surface area contributed by atoms with Gasteiger partial charge in [-0.15, -0.1) is 0 Å². The van der Waals surface area contributed by atoms with Gasteiger partial charge in [0, 0.05) is 6.92 Å². The first-order valence-electron chi connectivity index (χ1n) is 7.43. The lowest BCUT2D eigenvalue weighted by Crippen LogP contribution is -2.02. The maximum atomic E-state index is 10.6.